The number of hydrogen-bond donors (Lipinski definition) is 2. The molecule has 0 fully saturated rings. The molecule has 0 radical (unpaired) electrons. The third kappa shape index (κ3) is 3.76. The van der Waals surface area contributed by atoms with Crippen LogP contribution in [0.25, 0.3) is 0 Å². The van der Waals surface area contributed by atoms with E-state index in [9.17, 15) is 0 Å². The van der Waals surface area contributed by atoms with Crippen LogP contribution in [0.2, 0.25) is 0 Å². The molecule has 18 heavy (non-hydrogen) atoms. The van der Waals surface area contributed by atoms with E-state index in [-0.39, 0.29) is 11.5 Å². The molecule has 2 N–H and O–H groups in total. The monoisotopic (exact) mass is 246 g/mol. The number of benzene rings is 2. The lowest BCUT2D eigenvalue weighted by Gasteiger charge is -2.04. The quantitative estimate of drug-likeness (QED) is 0.484. The molecule has 0 spiro atoms. The summed E-state index contributed by atoms with van der Waals surface area (Å²) in [7, 11) is 0. The van der Waals surface area contributed by atoms with Gasteiger partial charge in [-0.3, -0.25) is 0 Å². The normalized spacial score (nSPS) is 10.4. The standard InChI is InChI=1S/C14H14O4/c15-13-5-1-11(2-6-13)9-17-18-10-12-3-7-14(16)8-4-12/h1-8,15-16H,9-10H2. The first kappa shape index (κ1) is 12.4. The van der Waals surface area contributed by atoms with Crippen LogP contribution in [-0.4, -0.2) is 10.2 Å². The molecule has 4 heteroatoms. The lowest BCUT2D eigenvalue weighted by Crippen LogP contribution is -1.96. The number of rotatable bonds is 5. The lowest BCUT2D eigenvalue weighted by molar-refractivity contribution is -0.313. The predicted molar refractivity (Wildman–Crippen MR) is 65.8 cm³/mol. The number of aromatic hydroxyl groups is 2. The van der Waals surface area contributed by atoms with Crippen LogP contribution in [0.1, 0.15) is 11.1 Å². The molecule has 0 bridgehead atoms. The topological polar surface area (TPSA) is 58.9 Å². The van der Waals surface area contributed by atoms with Gasteiger partial charge in [-0.05, 0) is 35.4 Å². The van der Waals surface area contributed by atoms with Crippen LogP contribution < -0.4 is 0 Å². The molecular weight excluding hydrogens is 232 g/mol. The van der Waals surface area contributed by atoms with Crippen molar-refractivity contribution in [1.29, 1.82) is 0 Å². The second kappa shape index (κ2) is 6.05. The summed E-state index contributed by atoms with van der Waals surface area (Å²) in [6, 6.07) is 13.4. The largest absolute Gasteiger partial charge is 0.508 e. The van der Waals surface area contributed by atoms with Gasteiger partial charge in [-0.15, -0.1) is 0 Å². The smallest absolute Gasteiger partial charge is 0.115 e. The maximum Gasteiger partial charge on any atom is 0.115 e. The predicted octanol–water partition coefficient (Wildman–Crippen LogP) is 2.75. The summed E-state index contributed by atoms with van der Waals surface area (Å²) in [4.78, 5) is 10.1. The van der Waals surface area contributed by atoms with Gasteiger partial charge in [0.25, 0.3) is 0 Å². The molecule has 94 valence electrons. The number of phenols is 2. The first-order valence-corrected chi connectivity index (χ1v) is 5.54. The van der Waals surface area contributed by atoms with Gasteiger partial charge in [-0.2, -0.15) is 0 Å². The van der Waals surface area contributed by atoms with E-state index in [1.807, 2.05) is 0 Å². The van der Waals surface area contributed by atoms with Gasteiger partial charge in [-0.1, -0.05) is 24.3 Å². The molecule has 0 aliphatic carbocycles. The summed E-state index contributed by atoms with van der Waals surface area (Å²) >= 11 is 0. The van der Waals surface area contributed by atoms with Crippen molar-refractivity contribution in [3.8, 4) is 11.5 Å². The van der Waals surface area contributed by atoms with Crippen molar-refractivity contribution in [3.05, 3.63) is 59.7 Å². The van der Waals surface area contributed by atoms with Crippen LogP contribution in [0.15, 0.2) is 48.5 Å². The molecule has 4 nitrogen and oxygen atoms in total. The maximum absolute atomic E-state index is 9.11. The SMILES string of the molecule is Oc1ccc(COOCc2ccc(O)cc2)cc1. The zero-order valence-corrected chi connectivity index (χ0v) is 9.74. The molecule has 0 aliphatic rings. The first-order chi connectivity index (χ1) is 8.74. The van der Waals surface area contributed by atoms with E-state index in [0.29, 0.717) is 13.2 Å². The first-order valence-electron chi connectivity index (χ1n) is 5.54. The molecule has 0 atom stereocenters. The second-order valence-corrected chi connectivity index (χ2v) is 3.86. The van der Waals surface area contributed by atoms with Crippen molar-refractivity contribution in [2.75, 3.05) is 0 Å². The van der Waals surface area contributed by atoms with E-state index in [4.69, 9.17) is 20.0 Å². The van der Waals surface area contributed by atoms with Crippen LogP contribution in [0.3, 0.4) is 0 Å². The molecule has 0 saturated heterocycles. The highest BCUT2D eigenvalue weighted by molar-refractivity contribution is 5.26. The fraction of sp³-hybridized carbons (Fsp3) is 0.143. The highest BCUT2D eigenvalue weighted by Crippen LogP contribution is 2.12. The Kier molecular flexibility index (Phi) is 4.17. The van der Waals surface area contributed by atoms with E-state index in [2.05, 4.69) is 0 Å². The summed E-state index contributed by atoms with van der Waals surface area (Å²) < 4.78 is 0. The van der Waals surface area contributed by atoms with Crippen molar-refractivity contribution in [2.24, 2.45) is 0 Å². The summed E-state index contributed by atoms with van der Waals surface area (Å²) in [5.41, 5.74) is 1.83. The van der Waals surface area contributed by atoms with Crippen LogP contribution in [0, 0.1) is 0 Å². The Labute approximate surface area is 105 Å². The fourth-order valence-corrected chi connectivity index (χ4v) is 1.40. The Hall–Kier alpha value is -2.04. The fourth-order valence-electron chi connectivity index (χ4n) is 1.40. The summed E-state index contributed by atoms with van der Waals surface area (Å²) in [6.07, 6.45) is 0. The zero-order chi connectivity index (χ0) is 12.8. The van der Waals surface area contributed by atoms with Crippen molar-refractivity contribution < 1.29 is 20.0 Å². The molecule has 2 aromatic carbocycles. The summed E-state index contributed by atoms with van der Waals surface area (Å²) in [5, 5.41) is 18.2. The minimum atomic E-state index is 0.226. The molecule has 0 aliphatic heterocycles. The molecule has 0 saturated carbocycles. The van der Waals surface area contributed by atoms with E-state index in [1.54, 1.807) is 48.5 Å². The van der Waals surface area contributed by atoms with Gasteiger partial charge in [0.15, 0.2) is 0 Å². The number of hydrogen-bond acceptors (Lipinski definition) is 4. The van der Waals surface area contributed by atoms with Gasteiger partial charge in [0, 0.05) is 0 Å². The van der Waals surface area contributed by atoms with Crippen LogP contribution in [0.4, 0.5) is 0 Å². The maximum atomic E-state index is 9.11. The zero-order valence-electron chi connectivity index (χ0n) is 9.74. The Bertz CT molecular complexity index is 429. The molecule has 0 amide bonds. The van der Waals surface area contributed by atoms with Gasteiger partial charge < -0.3 is 10.2 Å². The molecule has 2 rings (SSSR count). The molecule has 0 aromatic heterocycles. The summed E-state index contributed by atoms with van der Waals surface area (Å²) in [6.45, 7) is 0.636. The molecule has 2 aromatic rings. The van der Waals surface area contributed by atoms with Crippen LogP contribution in [-0.2, 0) is 23.0 Å². The minimum Gasteiger partial charge on any atom is -0.508 e. The Morgan fingerprint density at radius 1 is 0.611 bits per heavy atom. The third-order valence-electron chi connectivity index (χ3n) is 2.41. The Morgan fingerprint density at radius 2 is 0.944 bits per heavy atom. The average Bonchev–Trinajstić information content (AvgIpc) is 2.39. The van der Waals surface area contributed by atoms with Gasteiger partial charge in [-0.25, -0.2) is 9.78 Å². The van der Waals surface area contributed by atoms with Gasteiger partial charge in [0.2, 0.25) is 0 Å². The Balaban J connectivity index is 1.73. The highest BCUT2D eigenvalue weighted by atomic mass is 17.2. The molecule has 0 heterocycles. The van der Waals surface area contributed by atoms with Gasteiger partial charge in [0.1, 0.15) is 24.7 Å². The van der Waals surface area contributed by atoms with Crippen molar-refractivity contribution in [1.82, 2.24) is 0 Å². The van der Waals surface area contributed by atoms with Crippen LogP contribution >= 0.6 is 0 Å². The second-order valence-electron chi connectivity index (χ2n) is 3.86. The van der Waals surface area contributed by atoms with Gasteiger partial charge >= 0.3 is 0 Å². The van der Waals surface area contributed by atoms with E-state index in [1.165, 1.54) is 0 Å². The highest BCUT2D eigenvalue weighted by Gasteiger charge is 1.97. The van der Waals surface area contributed by atoms with Crippen molar-refractivity contribution in [2.45, 2.75) is 13.2 Å². The van der Waals surface area contributed by atoms with Crippen molar-refractivity contribution in [3.63, 3.8) is 0 Å². The van der Waals surface area contributed by atoms with E-state index < -0.39 is 0 Å². The summed E-state index contributed by atoms with van der Waals surface area (Å²) in [5.74, 6) is 0.451. The van der Waals surface area contributed by atoms with E-state index in [0.717, 1.165) is 11.1 Å². The third-order valence-corrected chi connectivity index (χ3v) is 2.41. The van der Waals surface area contributed by atoms with Crippen molar-refractivity contribution >= 4 is 0 Å². The van der Waals surface area contributed by atoms with Gasteiger partial charge in [0.05, 0.1) is 0 Å². The van der Waals surface area contributed by atoms with E-state index >= 15 is 0 Å². The Morgan fingerprint density at radius 3 is 1.28 bits per heavy atom. The van der Waals surface area contributed by atoms with Crippen LogP contribution in [0.5, 0.6) is 11.5 Å². The molecular formula is C14H14O4. The minimum absolute atomic E-state index is 0.226. The average molecular weight is 246 g/mol. The number of phenolic OH excluding ortho intramolecular Hbond substituents is 2. The lowest BCUT2D eigenvalue weighted by atomic mass is 10.2. The molecule has 0 unspecified atom stereocenters.